The SMILES string of the molecule is CCC(C)n1c(C)c(C)n2c3c(=O)n(CC(=O)OC)c(=O)n(C)c3nc12. The van der Waals surface area contributed by atoms with Crippen LogP contribution in [0.5, 0.6) is 0 Å². The van der Waals surface area contributed by atoms with E-state index in [0.29, 0.717) is 11.4 Å². The molecular weight excluding hydrogens is 338 g/mol. The van der Waals surface area contributed by atoms with E-state index in [4.69, 9.17) is 0 Å². The quantitative estimate of drug-likeness (QED) is 0.644. The van der Waals surface area contributed by atoms with Gasteiger partial charge in [-0.1, -0.05) is 6.92 Å². The fraction of sp³-hybridized carbons (Fsp3) is 0.529. The highest BCUT2D eigenvalue weighted by Crippen LogP contribution is 2.25. The lowest BCUT2D eigenvalue weighted by Crippen LogP contribution is -2.41. The summed E-state index contributed by atoms with van der Waals surface area (Å²) in [6, 6.07) is 0.192. The maximum atomic E-state index is 13.0. The van der Waals surface area contributed by atoms with Crippen LogP contribution in [0.2, 0.25) is 0 Å². The molecule has 3 heterocycles. The van der Waals surface area contributed by atoms with Gasteiger partial charge in [-0.2, -0.15) is 4.98 Å². The number of imidazole rings is 2. The second kappa shape index (κ2) is 6.15. The number of nitrogens with zero attached hydrogens (tertiary/aromatic N) is 5. The number of rotatable bonds is 4. The van der Waals surface area contributed by atoms with Crippen LogP contribution in [-0.4, -0.2) is 36.2 Å². The standard InChI is InChI=1S/C17H23N5O4/c1-7-9(2)21-10(3)11(4)22-13-14(18-16(21)22)19(5)17(25)20(15(13)24)8-12(23)26-6/h9H,7-8H2,1-6H3. The van der Waals surface area contributed by atoms with Crippen molar-refractivity contribution >= 4 is 22.9 Å². The predicted octanol–water partition coefficient (Wildman–Crippen LogP) is 0.910. The molecule has 26 heavy (non-hydrogen) atoms. The lowest BCUT2D eigenvalue weighted by atomic mass is 10.2. The molecule has 0 spiro atoms. The third kappa shape index (κ3) is 2.30. The van der Waals surface area contributed by atoms with Gasteiger partial charge in [-0.15, -0.1) is 0 Å². The third-order valence-electron chi connectivity index (χ3n) is 5.11. The Bertz CT molecular complexity index is 1140. The van der Waals surface area contributed by atoms with Gasteiger partial charge in [-0.3, -0.25) is 18.6 Å². The first kappa shape index (κ1) is 18.0. The Morgan fingerprint density at radius 1 is 1.23 bits per heavy atom. The molecule has 1 unspecified atom stereocenters. The predicted molar refractivity (Wildman–Crippen MR) is 96.7 cm³/mol. The van der Waals surface area contributed by atoms with Crippen LogP contribution in [0.25, 0.3) is 16.9 Å². The number of methoxy groups -OCH3 is 1. The van der Waals surface area contributed by atoms with E-state index in [1.165, 1.54) is 11.7 Å². The lowest BCUT2D eigenvalue weighted by molar-refractivity contribution is -0.141. The summed E-state index contributed by atoms with van der Waals surface area (Å²) in [5.41, 5.74) is 1.33. The molecule has 0 bridgehead atoms. The van der Waals surface area contributed by atoms with E-state index in [-0.39, 0.29) is 11.6 Å². The third-order valence-corrected chi connectivity index (χ3v) is 5.11. The number of ether oxygens (including phenoxy) is 1. The van der Waals surface area contributed by atoms with Crippen LogP contribution < -0.4 is 11.2 Å². The van der Waals surface area contributed by atoms with Gasteiger partial charge in [0.05, 0.1) is 7.11 Å². The number of aryl methyl sites for hydroxylation is 2. The minimum atomic E-state index is -0.658. The normalized spacial score (nSPS) is 12.8. The highest BCUT2D eigenvalue weighted by molar-refractivity contribution is 5.77. The van der Waals surface area contributed by atoms with E-state index < -0.39 is 23.8 Å². The molecule has 0 saturated heterocycles. The van der Waals surface area contributed by atoms with Crippen molar-refractivity contribution in [2.24, 2.45) is 7.05 Å². The number of hydrogen-bond acceptors (Lipinski definition) is 5. The zero-order valence-corrected chi connectivity index (χ0v) is 15.9. The fourth-order valence-electron chi connectivity index (χ4n) is 3.32. The summed E-state index contributed by atoms with van der Waals surface area (Å²) in [6.45, 7) is 7.63. The molecule has 140 valence electrons. The maximum absolute atomic E-state index is 13.0. The molecule has 3 rings (SSSR count). The molecule has 9 nitrogen and oxygen atoms in total. The van der Waals surface area contributed by atoms with Crippen molar-refractivity contribution < 1.29 is 9.53 Å². The zero-order chi connectivity index (χ0) is 19.3. The topological polar surface area (TPSA) is 92.5 Å². The summed E-state index contributed by atoms with van der Waals surface area (Å²) in [5.74, 6) is -0.0401. The maximum Gasteiger partial charge on any atom is 0.333 e. The summed E-state index contributed by atoms with van der Waals surface area (Å²) < 4.78 is 10.6. The molecule has 0 aromatic carbocycles. The monoisotopic (exact) mass is 361 g/mol. The van der Waals surface area contributed by atoms with Gasteiger partial charge in [-0.05, 0) is 27.2 Å². The number of fused-ring (bicyclic) bond motifs is 3. The Balaban J connectivity index is 2.49. The summed E-state index contributed by atoms with van der Waals surface area (Å²) in [4.78, 5) is 41.8. The highest BCUT2D eigenvalue weighted by Gasteiger charge is 2.24. The number of hydrogen-bond donors (Lipinski definition) is 0. The fourth-order valence-corrected chi connectivity index (χ4v) is 3.32. The summed E-state index contributed by atoms with van der Waals surface area (Å²) in [6.07, 6.45) is 0.902. The van der Waals surface area contributed by atoms with Crippen molar-refractivity contribution in [3.63, 3.8) is 0 Å². The molecule has 1 atom stereocenters. The Morgan fingerprint density at radius 3 is 2.46 bits per heavy atom. The van der Waals surface area contributed by atoms with Crippen molar-refractivity contribution in [1.29, 1.82) is 0 Å². The summed E-state index contributed by atoms with van der Waals surface area (Å²) >= 11 is 0. The van der Waals surface area contributed by atoms with Crippen LogP contribution in [0.4, 0.5) is 0 Å². The van der Waals surface area contributed by atoms with Gasteiger partial charge in [0.25, 0.3) is 5.56 Å². The number of aromatic nitrogens is 5. The molecule has 0 fully saturated rings. The van der Waals surface area contributed by atoms with Gasteiger partial charge in [0.2, 0.25) is 5.78 Å². The Morgan fingerprint density at radius 2 is 1.88 bits per heavy atom. The Kier molecular flexibility index (Phi) is 4.25. The van der Waals surface area contributed by atoms with Crippen molar-refractivity contribution in [2.75, 3.05) is 7.11 Å². The van der Waals surface area contributed by atoms with Crippen LogP contribution in [0.3, 0.4) is 0 Å². The first-order valence-corrected chi connectivity index (χ1v) is 8.50. The van der Waals surface area contributed by atoms with Crippen molar-refractivity contribution in [3.8, 4) is 0 Å². The molecular formula is C17H23N5O4. The Labute approximate surface area is 149 Å². The molecule has 0 aliphatic carbocycles. The first-order valence-electron chi connectivity index (χ1n) is 8.50. The smallest absolute Gasteiger partial charge is 0.333 e. The molecule has 0 radical (unpaired) electrons. The van der Waals surface area contributed by atoms with Crippen molar-refractivity contribution in [1.82, 2.24) is 23.1 Å². The molecule has 9 heteroatoms. The average molecular weight is 361 g/mol. The van der Waals surface area contributed by atoms with Gasteiger partial charge >= 0.3 is 11.7 Å². The van der Waals surface area contributed by atoms with Gasteiger partial charge in [0, 0.05) is 24.5 Å². The van der Waals surface area contributed by atoms with Gasteiger partial charge in [0.15, 0.2) is 11.2 Å². The van der Waals surface area contributed by atoms with E-state index in [1.807, 2.05) is 13.8 Å². The van der Waals surface area contributed by atoms with Crippen molar-refractivity contribution in [2.45, 2.75) is 46.7 Å². The number of esters is 1. The first-order chi connectivity index (χ1) is 12.2. The lowest BCUT2D eigenvalue weighted by Gasteiger charge is -2.13. The minimum Gasteiger partial charge on any atom is -0.468 e. The molecule has 0 aliphatic heterocycles. The second-order valence-electron chi connectivity index (χ2n) is 6.53. The van der Waals surface area contributed by atoms with Crippen LogP contribution in [0.1, 0.15) is 37.7 Å². The molecule has 0 N–H and O–H groups in total. The van der Waals surface area contributed by atoms with Crippen LogP contribution in [-0.2, 0) is 23.1 Å². The number of carbonyl (C=O) groups excluding carboxylic acids is 1. The van der Waals surface area contributed by atoms with Crippen molar-refractivity contribution in [3.05, 3.63) is 32.2 Å². The van der Waals surface area contributed by atoms with Crippen LogP contribution in [0, 0.1) is 13.8 Å². The molecule has 0 aliphatic rings. The number of carbonyl (C=O) groups is 1. The summed E-state index contributed by atoms with van der Waals surface area (Å²) in [7, 11) is 2.76. The molecule has 3 aromatic rings. The van der Waals surface area contributed by atoms with Crippen LogP contribution >= 0.6 is 0 Å². The van der Waals surface area contributed by atoms with Gasteiger partial charge in [-0.25, -0.2) is 9.36 Å². The molecule has 3 aromatic heterocycles. The molecule has 0 saturated carbocycles. The zero-order valence-electron chi connectivity index (χ0n) is 15.9. The Hall–Kier alpha value is -2.84. The highest BCUT2D eigenvalue weighted by atomic mass is 16.5. The largest absolute Gasteiger partial charge is 0.468 e. The van der Waals surface area contributed by atoms with E-state index in [0.717, 1.165) is 22.4 Å². The molecule has 0 amide bonds. The second-order valence-corrected chi connectivity index (χ2v) is 6.53. The minimum absolute atomic E-state index is 0.192. The van der Waals surface area contributed by atoms with E-state index >= 15 is 0 Å². The van der Waals surface area contributed by atoms with Gasteiger partial charge in [0.1, 0.15) is 6.54 Å². The van der Waals surface area contributed by atoms with Crippen LogP contribution in [0.15, 0.2) is 9.59 Å². The average Bonchev–Trinajstić information content (AvgIpc) is 3.12. The van der Waals surface area contributed by atoms with E-state index in [9.17, 15) is 14.4 Å². The summed E-state index contributed by atoms with van der Waals surface area (Å²) in [5, 5.41) is 0. The van der Waals surface area contributed by atoms with E-state index in [2.05, 4.69) is 28.1 Å². The van der Waals surface area contributed by atoms with Gasteiger partial charge < -0.3 is 9.30 Å². The van der Waals surface area contributed by atoms with E-state index in [1.54, 1.807) is 11.4 Å².